The molecule has 1 fully saturated rings. The maximum atomic E-state index is 12.6. The van der Waals surface area contributed by atoms with E-state index in [4.69, 9.17) is 0 Å². The molecular weight excluding hydrogens is 376 g/mol. The van der Waals surface area contributed by atoms with Gasteiger partial charge in [0.05, 0.1) is 5.75 Å². The molecule has 0 bridgehead atoms. The number of nitrogens with zero attached hydrogens (tertiary/aromatic N) is 3. The number of carbonyl (C=O) groups excluding carboxylic acids is 1. The predicted octanol–water partition coefficient (Wildman–Crippen LogP) is 2.26. The fraction of sp³-hybridized carbons (Fsp3) is 0.700. The summed E-state index contributed by atoms with van der Waals surface area (Å²) in [5.41, 5.74) is 0. The molecule has 1 N–H and O–H groups in total. The molecule has 0 aromatic carbocycles. The maximum Gasteiger partial charge on any atom is 0.223 e. The highest BCUT2D eigenvalue weighted by Gasteiger charge is 2.27. The molecule has 2 rings (SSSR count). The van der Waals surface area contributed by atoms with Crippen molar-refractivity contribution in [1.82, 2.24) is 14.6 Å². The smallest absolute Gasteiger partial charge is 0.223 e. The van der Waals surface area contributed by atoms with Crippen molar-refractivity contribution in [3.8, 4) is 0 Å². The highest BCUT2D eigenvalue weighted by molar-refractivity contribution is 7.89. The van der Waals surface area contributed by atoms with Gasteiger partial charge < -0.3 is 10.2 Å². The van der Waals surface area contributed by atoms with Gasteiger partial charge >= 0.3 is 0 Å². The van der Waals surface area contributed by atoms with Crippen molar-refractivity contribution in [2.24, 2.45) is 5.92 Å². The molecule has 0 atom stereocenters. The molecular formula is C20H34N4O3S. The molecule has 0 spiro atoms. The summed E-state index contributed by atoms with van der Waals surface area (Å²) in [5.74, 6) is 1.07. The van der Waals surface area contributed by atoms with Crippen LogP contribution >= 0.6 is 0 Å². The Morgan fingerprint density at radius 3 is 2.39 bits per heavy atom. The first-order chi connectivity index (χ1) is 13.5. The van der Waals surface area contributed by atoms with Gasteiger partial charge in [-0.2, -0.15) is 4.31 Å². The molecule has 28 heavy (non-hydrogen) atoms. The molecule has 1 aliphatic rings. The first kappa shape index (κ1) is 22.6. The van der Waals surface area contributed by atoms with Crippen LogP contribution in [0.4, 0.5) is 5.82 Å². The van der Waals surface area contributed by atoms with Crippen molar-refractivity contribution in [3.05, 3.63) is 24.4 Å². The number of nitrogens with one attached hydrogen (secondary N) is 1. The van der Waals surface area contributed by atoms with Crippen LogP contribution in [0.5, 0.6) is 0 Å². The second-order valence-corrected chi connectivity index (χ2v) is 9.40. The molecule has 158 valence electrons. The van der Waals surface area contributed by atoms with Crippen molar-refractivity contribution in [2.75, 3.05) is 43.4 Å². The van der Waals surface area contributed by atoms with Crippen LogP contribution in [0.15, 0.2) is 24.4 Å². The van der Waals surface area contributed by atoms with Gasteiger partial charge in [-0.1, -0.05) is 32.8 Å². The summed E-state index contributed by atoms with van der Waals surface area (Å²) in [7, 11) is -3.29. The lowest BCUT2D eigenvalue weighted by Gasteiger charge is -2.34. The van der Waals surface area contributed by atoms with Crippen molar-refractivity contribution >= 4 is 21.7 Å². The molecule has 0 aliphatic carbocycles. The van der Waals surface area contributed by atoms with Crippen LogP contribution in [0, 0.1) is 5.92 Å². The molecule has 1 aromatic heterocycles. The van der Waals surface area contributed by atoms with Gasteiger partial charge in [-0.25, -0.2) is 13.4 Å². The topological polar surface area (TPSA) is 82.6 Å². The van der Waals surface area contributed by atoms with Gasteiger partial charge in [0, 0.05) is 44.8 Å². The minimum atomic E-state index is -3.29. The van der Waals surface area contributed by atoms with E-state index in [1.54, 1.807) is 10.5 Å². The summed E-state index contributed by atoms with van der Waals surface area (Å²) < 4.78 is 26.7. The van der Waals surface area contributed by atoms with E-state index in [2.05, 4.69) is 29.0 Å². The Balaban J connectivity index is 1.73. The number of hydrogen-bond acceptors (Lipinski definition) is 5. The highest BCUT2D eigenvalue weighted by atomic mass is 32.2. The van der Waals surface area contributed by atoms with Crippen LogP contribution in [0.1, 0.15) is 46.0 Å². The zero-order valence-corrected chi connectivity index (χ0v) is 18.0. The lowest BCUT2D eigenvalue weighted by atomic mass is 9.97. The number of rotatable bonds is 11. The molecule has 0 unspecified atom stereocenters. The largest absolute Gasteiger partial charge is 0.356 e. The number of aromatic nitrogens is 1. The standard InChI is InChI=1S/C20H34N4O3S/c1-3-8-18(9-4-2)20(25)22-12-7-17-28(26,27)24-15-13-23(14-16-24)19-10-5-6-11-21-19/h5-6,10-11,18H,3-4,7-9,12-17H2,1-2H3,(H,22,25). The summed E-state index contributed by atoms with van der Waals surface area (Å²) in [6.07, 6.45) is 5.93. The molecule has 8 heteroatoms. The molecule has 2 heterocycles. The summed E-state index contributed by atoms with van der Waals surface area (Å²) in [5, 5.41) is 2.92. The van der Waals surface area contributed by atoms with Gasteiger partial charge in [0.2, 0.25) is 15.9 Å². The number of anilines is 1. The summed E-state index contributed by atoms with van der Waals surface area (Å²) >= 11 is 0. The van der Waals surface area contributed by atoms with Crippen LogP contribution < -0.4 is 10.2 Å². The normalized spacial score (nSPS) is 15.8. The number of piperazine rings is 1. The Labute approximate surface area is 169 Å². The van der Waals surface area contributed by atoms with E-state index < -0.39 is 10.0 Å². The lowest BCUT2D eigenvalue weighted by molar-refractivity contribution is -0.125. The minimum Gasteiger partial charge on any atom is -0.356 e. The Bertz CT molecular complexity index is 683. The number of carbonyl (C=O) groups is 1. The third kappa shape index (κ3) is 6.74. The van der Waals surface area contributed by atoms with Crippen LogP contribution in [0.3, 0.4) is 0 Å². The van der Waals surface area contributed by atoms with E-state index in [9.17, 15) is 13.2 Å². The average molecular weight is 411 g/mol. The zero-order chi connectivity index (χ0) is 20.4. The van der Waals surface area contributed by atoms with Gasteiger partial charge in [0.15, 0.2) is 0 Å². The van der Waals surface area contributed by atoms with Crippen molar-refractivity contribution in [2.45, 2.75) is 46.0 Å². The molecule has 1 aliphatic heterocycles. The Hall–Kier alpha value is -1.67. The third-order valence-electron chi connectivity index (χ3n) is 5.13. The average Bonchev–Trinajstić information content (AvgIpc) is 2.71. The van der Waals surface area contributed by atoms with E-state index >= 15 is 0 Å². The SMILES string of the molecule is CCCC(CCC)C(=O)NCCCS(=O)(=O)N1CCN(c2ccccn2)CC1. The second kappa shape index (κ2) is 11.4. The predicted molar refractivity (Wildman–Crippen MR) is 113 cm³/mol. The number of pyridine rings is 1. The monoisotopic (exact) mass is 410 g/mol. The number of sulfonamides is 1. The van der Waals surface area contributed by atoms with Gasteiger partial charge in [-0.05, 0) is 31.4 Å². The Morgan fingerprint density at radius 2 is 1.82 bits per heavy atom. The molecule has 0 radical (unpaired) electrons. The Kier molecular flexibility index (Phi) is 9.18. The molecule has 0 saturated carbocycles. The van der Waals surface area contributed by atoms with E-state index in [1.165, 1.54) is 0 Å². The van der Waals surface area contributed by atoms with Gasteiger partial charge in [-0.15, -0.1) is 0 Å². The van der Waals surface area contributed by atoms with Crippen LogP contribution in [-0.2, 0) is 14.8 Å². The van der Waals surface area contributed by atoms with E-state index in [-0.39, 0.29) is 17.6 Å². The van der Waals surface area contributed by atoms with Crippen LogP contribution in [0.2, 0.25) is 0 Å². The Morgan fingerprint density at radius 1 is 1.14 bits per heavy atom. The molecule has 7 nitrogen and oxygen atoms in total. The van der Waals surface area contributed by atoms with Crippen LogP contribution in [0.25, 0.3) is 0 Å². The summed E-state index contributed by atoms with van der Waals surface area (Å²) in [6, 6.07) is 5.75. The maximum absolute atomic E-state index is 12.6. The van der Waals surface area contributed by atoms with Crippen molar-refractivity contribution in [1.29, 1.82) is 0 Å². The van der Waals surface area contributed by atoms with Gasteiger partial charge in [-0.3, -0.25) is 4.79 Å². The molecule has 1 saturated heterocycles. The molecule has 1 aromatic rings. The van der Waals surface area contributed by atoms with Crippen LogP contribution in [-0.4, -0.2) is 62.1 Å². The number of hydrogen-bond donors (Lipinski definition) is 1. The fourth-order valence-corrected chi connectivity index (χ4v) is 5.07. The van der Waals surface area contributed by atoms with E-state index in [0.29, 0.717) is 39.1 Å². The first-order valence-electron chi connectivity index (χ1n) is 10.4. The first-order valence-corrected chi connectivity index (χ1v) is 12.0. The van der Waals surface area contributed by atoms with Crippen molar-refractivity contribution in [3.63, 3.8) is 0 Å². The van der Waals surface area contributed by atoms with E-state index in [0.717, 1.165) is 31.5 Å². The zero-order valence-electron chi connectivity index (χ0n) is 17.1. The quantitative estimate of drug-likeness (QED) is 0.566. The lowest BCUT2D eigenvalue weighted by Crippen LogP contribution is -2.49. The highest BCUT2D eigenvalue weighted by Crippen LogP contribution is 2.16. The third-order valence-corrected chi connectivity index (χ3v) is 7.09. The fourth-order valence-electron chi connectivity index (χ4n) is 3.58. The number of amides is 1. The van der Waals surface area contributed by atoms with Gasteiger partial charge in [0.1, 0.15) is 5.82 Å². The van der Waals surface area contributed by atoms with Crippen molar-refractivity contribution < 1.29 is 13.2 Å². The minimum absolute atomic E-state index is 0.0475. The molecule has 1 amide bonds. The second-order valence-electron chi connectivity index (χ2n) is 7.31. The van der Waals surface area contributed by atoms with Gasteiger partial charge in [0.25, 0.3) is 0 Å². The summed E-state index contributed by atoms with van der Waals surface area (Å²) in [4.78, 5) is 18.7. The summed E-state index contributed by atoms with van der Waals surface area (Å²) in [6.45, 7) is 6.80. The van der Waals surface area contributed by atoms with E-state index in [1.807, 2.05) is 18.2 Å².